The van der Waals surface area contributed by atoms with Crippen molar-refractivity contribution in [2.75, 3.05) is 9.80 Å². The second-order valence-electron chi connectivity index (χ2n) is 9.99. The first-order chi connectivity index (χ1) is 18.9. The van der Waals surface area contributed by atoms with Crippen molar-refractivity contribution in [3.8, 4) is 0 Å². The highest BCUT2D eigenvalue weighted by atomic mass is 35.5. The van der Waals surface area contributed by atoms with E-state index in [1.54, 1.807) is 36.4 Å². The number of hydrogen-bond donors (Lipinski definition) is 2. The average Bonchev–Trinajstić information content (AvgIpc) is 3.34. The predicted molar refractivity (Wildman–Crippen MR) is 147 cm³/mol. The van der Waals surface area contributed by atoms with E-state index in [1.807, 2.05) is 0 Å². The highest BCUT2D eigenvalue weighted by Crippen LogP contribution is 2.36. The number of carbonyl (C=O) groups is 2. The smallest absolute Gasteiger partial charge is 0.250 e. The monoisotopic (exact) mass is 551 g/mol. The van der Waals surface area contributed by atoms with Crippen LogP contribution in [0.2, 0.25) is 5.02 Å². The third-order valence-corrected chi connectivity index (χ3v) is 7.75. The summed E-state index contributed by atoms with van der Waals surface area (Å²) in [5, 5.41) is 14.2. The van der Waals surface area contributed by atoms with Crippen molar-refractivity contribution in [2.24, 2.45) is 0 Å². The van der Waals surface area contributed by atoms with Gasteiger partial charge in [0, 0.05) is 34.7 Å². The number of aromatic nitrogens is 2. The predicted octanol–water partition coefficient (Wildman–Crippen LogP) is 4.78. The molecule has 0 bridgehead atoms. The summed E-state index contributed by atoms with van der Waals surface area (Å²) in [6.45, 7) is 0. The molecule has 1 saturated heterocycles. The van der Waals surface area contributed by atoms with Crippen LogP contribution in [0.1, 0.15) is 56.6 Å². The minimum atomic E-state index is -1.17. The van der Waals surface area contributed by atoms with Gasteiger partial charge in [0.15, 0.2) is 0 Å². The number of aliphatic hydroxyl groups is 1. The molecule has 8 nitrogen and oxygen atoms in total. The molecule has 0 spiro atoms. The largest absolute Gasteiger partial charge is 0.373 e. The summed E-state index contributed by atoms with van der Waals surface area (Å²) in [6, 6.07) is 12.0. The zero-order valence-electron chi connectivity index (χ0n) is 21.4. The molecule has 2 heterocycles. The summed E-state index contributed by atoms with van der Waals surface area (Å²) >= 11 is 6.62. The lowest BCUT2D eigenvalue weighted by Gasteiger charge is -2.37. The summed E-state index contributed by atoms with van der Waals surface area (Å²) in [7, 11) is 0. The number of amides is 2. The Morgan fingerprint density at radius 2 is 1.74 bits per heavy atom. The zero-order valence-corrected chi connectivity index (χ0v) is 22.2. The second-order valence-corrected chi connectivity index (χ2v) is 10.4. The minimum Gasteiger partial charge on any atom is -0.373 e. The molecule has 1 unspecified atom stereocenters. The molecule has 2 amide bonds. The van der Waals surface area contributed by atoms with Crippen LogP contribution in [0.4, 0.5) is 16.0 Å². The van der Waals surface area contributed by atoms with Gasteiger partial charge in [0.1, 0.15) is 24.1 Å². The molecule has 3 atom stereocenters. The molecule has 10 heteroatoms. The van der Waals surface area contributed by atoms with Crippen LogP contribution in [0.15, 0.2) is 67.0 Å². The first-order valence-corrected chi connectivity index (χ1v) is 13.7. The Hall–Kier alpha value is -3.56. The summed E-state index contributed by atoms with van der Waals surface area (Å²) in [5.41, 5.74) is 0.630. The Bertz CT molecular complexity index is 1310. The lowest BCUT2D eigenvalue weighted by Crippen LogP contribution is -2.53. The number of nitrogens with zero attached hydrogens (tertiary/aromatic N) is 4. The molecule has 2 aromatic carbocycles. The van der Waals surface area contributed by atoms with Crippen molar-refractivity contribution in [1.82, 2.24) is 15.3 Å². The fourth-order valence-corrected chi connectivity index (χ4v) is 5.78. The highest BCUT2D eigenvalue weighted by molar-refractivity contribution is 6.31. The van der Waals surface area contributed by atoms with E-state index in [9.17, 15) is 19.1 Å². The van der Waals surface area contributed by atoms with Crippen LogP contribution >= 0.6 is 11.6 Å². The van der Waals surface area contributed by atoms with Crippen LogP contribution in [0.5, 0.6) is 0 Å². The summed E-state index contributed by atoms with van der Waals surface area (Å²) in [4.78, 5) is 39.8. The summed E-state index contributed by atoms with van der Waals surface area (Å²) in [6.07, 6.45) is 7.51. The number of hydrogen-bond acceptors (Lipinski definition) is 6. The van der Waals surface area contributed by atoms with Gasteiger partial charge in [-0.1, -0.05) is 55.1 Å². The van der Waals surface area contributed by atoms with Gasteiger partial charge in [-0.15, -0.1) is 0 Å². The summed E-state index contributed by atoms with van der Waals surface area (Å²) in [5.74, 6) is -1.24. The molecular formula is C29H31ClFN5O3. The number of carbonyl (C=O) groups excluding carboxylic acids is 2. The fraction of sp³-hybridized carbons (Fsp3) is 0.379. The van der Waals surface area contributed by atoms with Gasteiger partial charge < -0.3 is 15.3 Å². The number of aliphatic hydroxyl groups excluding tert-OH is 1. The SMILES string of the molecule is O=C(NC1CCCCC1)[C@@H](c1ccccc1Cl)N(C(=O)[C@@H]1CCC(O)N1c1ncccn1)c1cccc(F)c1. The third kappa shape index (κ3) is 5.89. The van der Waals surface area contributed by atoms with E-state index in [0.717, 1.165) is 32.1 Å². The second kappa shape index (κ2) is 12.1. The normalized spacial score (nSPS) is 20.4. The molecule has 0 radical (unpaired) electrons. The maximum atomic E-state index is 14.6. The molecule has 2 N–H and O–H groups in total. The number of benzene rings is 2. The topological polar surface area (TPSA) is 98.7 Å². The standard InChI is InChI=1S/C29H31ClFN5O3/c30-23-13-5-4-12-22(23)26(27(38)34-20-9-2-1-3-10-20)35(21-11-6-8-19(31)18-21)28(39)24-14-15-25(37)36(24)29-32-16-7-17-33-29/h4-8,11-13,16-18,20,24-26,37H,1-3,9-10,14-15H2,(H,34,38)/t24-,25?,26+/m0/s1. The lowest BCUT2D eigenvalue weighted by molar-refractivity contribution is -0.127. The maximum absolute atomic E-state index is 14.6. The van der Waals surface area contributed by atoms with Gasteiger partial charge in [-0.2, -0.15) is 0 Å². The van der Waals surface area contributed by atoms with Crippen LogP contribution in [-0.4, -0.2) is 45.2 Å². The van der Waals surface area contributed by atoms with Gasteiger partial charge in [0.05, 0.1) is 0 Å². The van der Waals surface area contributed by atoms with Crippen LogP contribution in [0.25, 0.3) is 0 Å². The number of anilines is 2. The van der Waals surface area contributed by atoms with Crippen molar-refractivity contribution >= 4 is 35.1 Å². The van der Waals surface area contributed by atoms with Crippen LogP contribution in [-0.2, 0) is 9.59 Å². The minimum absolute atomic E-state index is 0.0248. The van der Waals surface area contributed by atoms with Crippen molar-refractivity contribution in [1.29, 1.82) is 0 Å². The Labute approximate surface area is 231 Å². The first kappa shape index (κ1) is 27.0. The van der Waals surface area contributed by atoms with E-state index in [1.165, 1.54) is 40.4 Å². The van der Waals surface area contributed by atoms with Crippen molar-refractivity contribution in [3.63, 3.8) is 0 Å². The number of halogens is 2. The Morgan fingerprint density at radius 1 is 1.00 bits per heavy atom. The van der Waals surface area contributed by atoms with Gasteiger partial charge in [-0.3, -0.25) is 14.5 Å². The van der Waals surface area contributed by atoms with E-state index in [2.05, 4.69) is 15.3 Å². The summed E-state index contributed by atoms with van der Waals surface area (Å²) < 4.78 is 14.6. The van der Waals surface area contributed by atoms with Gasteiger partial charge in [0.2, 0.25) is 11.9 Å². The fourth-order valence-electron chi connectivity index (χ4n) is 5.54. The molecule has 1 aliphatic heterocycles. The van der Waals surface area contributed by atoms with E-state index >= 15 is 0 Å². The maximum Gasteiger partial charge on any atom is 0.250 e. The molecule has 39 heavy (non-hydrogen) atoms. The quantitative estimate of drug-likeness (QED) is 0.438. The molecule has 204 valence electrons. The van der Waals surface area contributed by atoms with E-state index in [4.69, 9.17) is 11.6 Å². The Morgan fingerprint density at radius 3 is 2.46 bits per heavy atom. The molecule has 5 rings (SSSR count). The molecule has 2 aliphatic rings. The van der Waals surface area contributed by atoms with Gasteiger partial charge in [-0.05, 0) is 56.0 Å². The highest BCUT2D eigenvalue weighted by Gasteiger charge is 2.44. The molecule has 3 aromatic rings. The molecule has 1 aromatic heterocycles. The molecule has 1 saturated carbocycles. The van der Waals surface area contributed by atoms with Gasteiger partial charge in [-0.25, -0.2) is 14.4 Å². The van der Waals surface area contributed by atoms with Crippen LogP contribution in [0, 0.1) is 5.82 Å². The number of rotatable bonds is 7. The molecule has 1 aliphatic carbocycles. The average molecular weight is 552 g/mol. The molecule has 2 fully saturated rings. The van der Waals surface area contributed by atoms with E-state index in [0.29, 0.717) is 23.4 Å². The Balaban J connectivity index is 1.60. The zero-order chi connectivity index (χ0) is 27.4. The van der Waals surface area contributed by atoms with Crippen molar-refractivity contribution in [3.05, 3.63) is 83.4 Å². The first-order valence-electron chi connectivity index (χ1n) is 13.3. The van der Waals surface area contributed by atoms with Crippen LogP contribution in [0.3, 0.4) is 0 Å². The van der Waals surface area contributed by atoms with E-state index < -0.39 is 35.9 Å². The van der Waals surface area contributed by atoms with E-state index in [-0.39, 0.29) is 17.7 Å². The van der Waals surface area contributed by atoms with Crippen LogP contribution < -0.4 is 15.1 Å². The lowest BCUT2D eigenvalue weighted by atomic mass is 9.94. The van der Waals surface area contributed by atoms with Gasteiger partial charge in [0.25, 0.3) is 5.91 Å². The van der Waals surface area contributed by atoms with Crippen molar-refractivity contribution in [2.45, 2.75) is 69.3 Å². The molecular weight excluding hydrogens is 521 g/mol. The third-order valence-electron chi connectivity index (χ3n) is 7.41. The number of nitrogens with one attached hydrogen (secondary N) is 1. The van der Waals surface area contributed by atoms with Crippen molar-refractivity contribution < 1.29 is 19.1 Å². The van der Waals surface area contributed by atoms with Gasteiger partial charge >= 0.3 is 0 Å². The Kier molecular flexibility index (Phi) is 8.38.